The van der Waals surface area contributed by atoms with E-state index < -0.39 is 0 Å². The number of carbonyl (C=O) groups excluding carboxylic acids is 1. The van der Waals surface area contributed by atoms with E-state index in [1.807, 2.05) is 11.9 Å². The van der Waals surface area contributed by atoms with Crippen molar-refractivity contribution < 1.29 is 4.79 Å². The first-order valence-corrected chi connectivity index (χ1v) is 5.65. The Morgan fingerprint density at radius 1 is 1.53 bits per heavy atom. The summed E-state index contributed by atoms with van der Waals surface area (Å²) in [7, 11) is 1.88. The lowest BCUT2D eigenvalue weighted by atomic mass is 9.93. The Kier molecular flexibility index (Phi) is 3.15. The van der Waals surface area contributed by atoms with Gasteiger partial charge in [-0.3, -0.25) is 4.79 Å². The van der Waals surface area contributed by atoms with Crippen molar-refractivity contribution in [2.75, 3.05) is 20.1 Å². The van der Waals surface area contributed by atoms with E-state index in [2.05, 4.69) is 27.7 Å². The van der Waals surface area contributed by atoms with Gasteiger partial charge in [0, 0.05) is 19.5 Å². The highest BCUT2D eigenvalue weighted by Gasteiger charge is 2.51. The summed E-state index contributed by atoms with van der Waals surface area (Å²) in [6.45, 7) is 9.84. The minimum atomic E-state index is 0.0173. The molecule has 0 radical (unpaired) electrons. The molecule has 88 valence electrons. The molecule has 1 aliphatic rings. The number of nitrogens with two attached hydrogens (primary N) is 1. The van der Waals surface area contributed by atoms with Crippen LogP contribution in [0.1, 0.15) is 34.1 Å². The zero-order valence-corrected chi connectivity index (χ0v) is 10.6. The summed E-state index contributed by atoms with van der Waals surface area (Å²) in [6, 6.07) is 0. The molecule has 0 aliphatic heterocycles. The van der Waals surface area contributed by atoms with Gasteiger partial charge in [0.05, 0.1) is 0 Å². The second-order valence-corrected chi connectivity index (χ2v) is 6.31. The zero-order valence-electron chi connectivity index (χ0n) is 10.6. The van der Waals surface area contributed by atoms with Crippen LogP contribution in [0.15, 0.2) is 0 Å². The summed E-state index contributed by atoms with van der Waals surface area (Å²) in [5, 5.41) is 0. The molecule has 0 aromatic heterocycles. The predicted molar refractivity (Wildman–Crippen MR) is 62.4 cm³/mol. The average Bonchev–Trinajstić information content (AvgIpc) is 2.73. The van der Waals surface area contributed by atoms with E-state index in [1.165, 1.54) is 0 Å². The van der Waals surface area contributed by atoms with Gasteiger partial charge in [0.1, 0.15) is 0 Å². The Bertz CT molecular complexity index is 258. The van der Waals surface area contributed by atoms with Crippen LogP contribution in [0.2, 0.25) is 0 Å². The summed E-state index contributed by atoms with van der Waals surface area (Å²) in [4.78, 5) is 13.8. The quantitative estimate of drug-likeness (QED) is 0.767. The van der Waals surface area contributed by atoms with Crippen molar-refractivity contribution in [2.24, 2.45) is 22.5 Å². The molecular formula is C12H24N2O. The van der Waals surface area contributed by atoms with Gasteiger partial charge in [-0.25, -0.2) is 0 Å². The van der Waals surface area contributed by atoms with Gasteiger partial charge in [-0.15, -0.1) is 0 Å². The van der Waals surface area contributed by atoms with E-state index in [0.29, 0.717) is 6.54 Å². The zero-order chi connectivity index (χ0) is 11.9. The monoisotopic (exact) mass is 212 g/mol. The molecule has 1 unspecified atom stereocenters. The lowest BCUT2D eigenvalue weighted by Gasteiger charge is -2.29. The van der Waals surface area contributed by atoms with Crippen molar-refractivity contribution >= 4 is 5.91 Å². The Morgan fingerprint density at radius 3 is 2.33 bits per heavy atom. The largest absolute Gasteiger partial charge is 0.345 e. The molecular weight excluding hydrogens is 188 g/mol. The molecule has 0 aromatic rings. The summed E-state index contributed by atoms with van der Waals surface area (Å²) in [6.07, 6.45) is 1.03. The van der Waals surface area contributed by atoms with E-state index in [4.69, 9.17) is 5.73 Å². The Hall–Kier alpha value is -0.570. The number of hydrogen-bond donors (Lipinski definition) is 1. The molecule has 0 heterocycles. The molecule has 0 bridgehead atoms. The SMILES string of the molecule is CN(CC(C)(C)CN)C(=O)C1CC1(C)C. The summed E-state index contributed by atoms with van der Waals surface area (Å²) >= 11 is 0. The normalized spacial score (nSPS) is 23.7. The molecule has 0 aromatic carbocycles. The third kappa shape index (κ3) is 2.94. The fraction of sp³-hybridized carbons (Fsp3) is 0.917. The lowest BCUT2D eigenvalue weighted by molar-refractivity contribution is -0.133. The maximum absolute atomic E-state index is 12.0. The van der Waals surface area contributed by atoms with E-state index in [-0.39, 0.29) is 22.7 Å². The van der Waals surface area contributed by atoms with Crippen molar-refractivity contribution in [3.63, 3.8) is 0 Å². The molecule has 15 heavy (non-hydrogen) atoms. The van der Waals surface area contributed by atoms with E-state index in [1.54, 1.807) is 0 Å². The molecule has 1 saturated carbocycles. The van der Waals surface area contributed by atoms with Crippen LogP contribution in [0, 0.1) is 16.7 Å². The van der Waals surface area contributed by atoms with Gasteiger partial charge in [0.15, 0.2) is 0 Å². The third-order valence-corrected chi connectivity index (χ3v) is 3.41. The molecule has 3 nitrogen and oxygen atoms in total. The minimum Gasteiger partial charge on any atom is -0.345 e. The Labute approximate surface area is 93.0 Å². The fourth-order valence-electron chi connectivity index (χ4n) is 1.94. The summed E-state index contributed by atoms with van der Waals surface area (Å²) in [5.41, 5.74) is 5.90. The molecule has 3 heteroatoms. The molecule has 0 spiro atoms. The van der Waals surface area contributed by atoms with Crippen LogP contribution >= 0.6 is 0 Å². The first-order chi connectivity index (χ1) is 6.69. The van der Waals surface area contributed by atoms with Gasteiger partial charge in [-0.2, -0.15) is 0 Å². The van der Waals surface area contributed by atoms with Crippen LogP contribution in [0.4, 0.5) is 0 Å². The van der Waals surface area contributed by atoms with Crippen LogP contribution in [-0.2, 0) is 4.79 Å². The van der Waals surface area contributed by atoms with Crippen LogP contribution in [0.5, 0.6) is 0 Å². The second kappa shape index (κ2) is 3.78. The smallest absolute Gasteiger partial charge is 0.226 e. The number of nitrogens with zero attached hydrogens (tertiary/aromatic N) is 1. The van der Waals surface area contributed by atoms with Crippen molar-refractivity contribution in [2.45, 2.75) is 34.1 Å². The van der Waals surface area contributed by atoms with Gasteiger partial charge >= 0.3 is 0 Å². The van der Waals surface area contributed by atoms with Gasteiger partial charge in [0.25, 0.3) is 0 Å². The van der Waals surface area contributed by atoms with Crippen molar-refractivity contribution in [3.8, 4) is 0 Å². The minimum absolute atomic E-state index is 0.0173. The Balaban J connectivity index is 2.48. The fourth-order valence-corrected chi connectivity index (χ4v) is 1.94. The number of carbonyl (C=O) groups is 1. The topological polar surface area (TPSA) is 46.3 Å². The van der Waals surface area contributed by atoms with Crippen LogP contribution in [-0.4, -0.2) is 30.9 Å². The molecule has 1 atom stereocenters. The number of rotatable bonds is 4. The Morgan fingerprint density at radius 2 is 2.00 bits per heavy atom. The first-order valence-electron chi connectivity index (χ1n) is 5.65. The summed E-state index contributed by atoms with van der Waals surface area (Å²) < 4.78 is 0. The lowest BCUT2D eigenvalue weighted by Crippen LogP contribution is -2.40. The van der Waals surface area contributed by atoms with Gasteiger partial charge in [0.2, 0.25) is 5.91 Å². The maximum atomic E-state index is 12.0. The van der Waals surface area contributed by atoms with Crippen molar-refractivity contribution in [1.29, 1.82) is 0 Å². The van der Waals surface area contributed by atoms with Gasteiger partial charge < -0.3 is 10.6 Å². The van der Waals surface area contributed by atoms with Crippen molar-refractivity contribution in [3.05, 3.63) is 0 Å². The van der Waals surface area contributed by atoms with Crippen LogP contribution < -0.4 is 5.73 Å². The van der Waals surface area contributed by atoms with Crippen LogP contribution in [0.25, 0.3) is 0 Å². The first kappa shape index (κ1) is 12.5. The molecule has 0 saturated heterocycles. The van der Waals surface area contributed by atoms with Gasteiger partial charge in [-0.1, -0.05) is 27.7 Å². The summed E-state index contributed by atoms with van der Waals surface area (Å²) in [5.74, 6) is 0.512. The number of hydrogen-bond acceptors (Lipinski definition) is 2. The number of amides is 1. The van der Waals surface area contributed by atoms with Crippen molar-refractivity contribution in [1.82, 2.24) is 4.90 Å². The molecule has 2 N–H and O–H groups in total. The third-order valence-electron chi connectivity index (χ3n) is 3.41. The standard InChI is InChI=1S/C12H24N2O/c1-11(2,7-13)8-14(5)10(15)9-6-12(9,3)4/h9H,6-8,13H2,1-5H3. The predicted octanol–water partition coefficient (Wildman–Crippen LogP) is 1.48. The highest BCUT2D eigenvalue weighted by atomic mass is 16.2. The molecule has 1 fully saturated rings. The van der Waals surface area contributed by atoms with E-state index >= 15 is 0 Å². The molecule has 1 rings (SSSR count). The van der Waals surface area contributed by atoms with Gasteiger partial charge in [-0.05, 0) is 23.8 Å². The highest BCUT2D eigenvalue weighted by Crippen LogP contribution is 2.52. The average molecular weight is 212 g/mol. The highest BCUT2D eigenvalue weighted by molar-refractivity contribution is 5.82. The molecule has 1 amide bonds. The van der Waals surface area contributed by atoms with E-state index in [0.717, 1.165) is 13.0 Å². The maximum Gasteiger partial charge on any atom is 0.226 e. The van der Waals surface area contributed by atoms with Crippen LogP contribution in [0.3, 0.4) is 0 Å². The second-order valence-electron chi connectivity index (χ2n) is 6.31. The molecule has 1 aliphatic carbocycles. The van der Waals surface area contributed by atoms with E-state index in [9.17, 15) is 4.79 Å².